The van der Waals surface area contributed by atoms with Crippen LogP contribution < -0.4 is 5.32 Å². The van der Waals surface area contributed by atoms with Crippen LogP contribution in [0.15, 0.2) is 48.7 Å². The van der Waals surface area contributed by atoms with Crippen molar-refractivity contribution in [2.45, 2.75) is 46.2 Å². The molecule has 0 atom stereocenters. The molecule has 3 aromatic rings. The van der Waals surface area contributed by atoms with E-state index in [1.165, 1.54) is 5.56 Å². The molecular formula is C20H25N5. The van der Waals surface area contributed by atoms with E-state index in [-0.39, 0.29) is 5.41 Å². The zero-order valence-electron chi connectivity index (χ0n) is 15.3. The van der Waals surface area contributed by atoms with Gasteiger partial charge in [0.1, 0.15) is 0 Å². The van der Waals surface area contributed by atoms with E-state index in [2.05, 4.69) is 61.5 Å². The Bertz CT molecular complexity index is 845. The molecule has 0 radical (unpaired) electrons. The third-order valence-electron chi connectivity index (χ3n) is 4.09. The lowest BCUT2D eigenvalue weighted by Crippen LogP contribution is -2.18. The Hall–Kier alpha value is -2.53. The second kappa shape index (κ2) is 7.15. The Balaban J connectivity index is 1.61. The maximum absolute atomic E-state index is 4.74. The van der Waals surface area contributed by atoms with E-state index in [0.29, 0.717) is 13.1 Å². The van der Waals surface area contributed by atoms with Crippen molar-refractivity contribution in [3.8, 4) is 5.69 Å². The van der Waals surface area contributed by atoms with E-state index in [0.717, 1.165) is 22.8 Å². The smallest absolute Gasteiger partial charge is 0.0969 e. The fourth-order valence-corrected chi connectivity index (χ4v) is 2.63. The van der Waals surface area contributed by atoms with E-state index >= 15 is 0 Å². The average Bonchev–Trinajstić information content (AvgIpc) is 3.03. The highest BCUT2D eigenvalue weighted by Crippen LogP contribution is 2.19. The normalized spacial score (nSPS) is 11.7. The summed E-state index contributed by atoms with van der Waals surface area (Å²) in [4.78, 5) is 4.74. The number of nitrogens with zero attached hydrogens (tertiary/aromatic N) is 4. The number of hydrogen-bond donors (Lipinski definition) is 1. The van der Waals surface area contributed by atoms with Crippen LogP contribution in [-0.4, -0.2) is 20.0 Å². The first-order valence-electron chi connectivity index (χ1n) is 8.58. The van der Waals surface area contributed by atoms with Gasteiger partial charge in [0.05, 0.1) is 23.3 Å². The maximum atomic E-state index is 4.74. The molecule has 0 spiro atoms. The molecular weight excluding hydrogens is 310 g/mol. The van der Waals surface area contributed by atoms with Gasteiger partial charge < -0.3 is 5.32 Å². The SMILES string of the molecule is Cc1ccccc1-n1cc(CNCc2cccc(C(C)(C)C)n2)nn1. The van der Waals surface area contributed by atoms with Crippen LogP contribution in [0.3, 0.4) is 0 Å². The summed E-state index contributed by atoms with van der Waals surface area (Å²) in [6.45, 7) is 9.97. The van der Waals surface area contributed by atoms with Crippen molar-refractivity contribution in [1.29, 1.82) is 0 Å². The molecule has 130 valence electrons. The van der Waals surface area contributed by atoms with Crippen molar-refractivity contribution in [3.05, 3.63) is 71.3 Å². The standard InChI is InChI=1S/C20H25N5/c1-15-8-5-6-10-18(15)25-14-17(23-24-25)13-21-12-16-9-7-11-19(22-16)20(2,3)4/h5-11,14,21H,12-13H2,1-4H3. The fraction of sp³-hybridized carbons (Fsp3) is 0.350. The monoisotopic (exact) mass is 335 g/mol. The van der Waals surface area contributed by atoms with Crippen molar-refractivity contribution in [1.82, 2.24) is 25.3 Å². The first-order valence-corrected chi connectivity index (χ1v) is 8.58. The van der Waals surface area contributed by atoms with E-state index in [1.54, 1.807) is 0 Å². The summed E-state index contributed by atoms with van der Waals surface area (Å²) >= 11 is 0. The lowest BCUT2D eigenvalue weighted by atomic mass is 9.91. The third kappa shape index (κ3) is 4.31. The summed E-state index contributed by atoms with van der Waals surface area (Å²) in [6.07, 6.45) is 1.97. The molecule has 0 saturated carbocycles. The van der Waals surface area contributed by atoms with Crippen LogP contribution in [0.1, 0.15) is 43.4 Å². The molecule has 5 heteroatoms. The molecule has 2 aromatic heterocycles. The molecule has 3 rings (SSSR count). The first kappa shape index (κ1) is 17.3. The minimum Gasteiger partial charge on any atom is -0.305 e. The summed E-state index contributed by atoms with van der Waals surface area (Å²) < 4.78 is 1.82. The predicted octanol–water partition coefficient (Wildman–Crippen LogP) is 3.56. The molecule has 0 aliphatic rings. The van der Waals surface area contributed by atoms with Gasteiger partial charge >= 0.3 is 0 Å². The Kier molecular flexibility index (Phi) is 4.95. The molecule has 0 unspecified atom stereocenters. The number of aryl methyl sites for hydroxylation is 1. The van der Waals surface area contributed by atoms with Crippen LogP contribution in [0.25, 0.3) is 5.69 Å². The highest BCUT2D eigenvalue weighted by atomic mass is 15.4. The van der Waals surface area contributed by atoms with Crippen molar-refractivity contribution < 1.29 is 0 Å². The quantitative estimate of drug-likeness (QED) is 0.774. The zero-order valence-corrected chi connectivity index (χ0v) is 15.3. The van der Waals surface area contributed by atoms with Crippen molar-refractivity contribution in [2.24, 2.45) is 0 Å². The van der Waals surface area contributed by atoms with Crippen LogP contribution in [0.2, 0.25) is 0 Å². The maximum Gasteiger partial charge on any atom is 0.0969 e. The summed E-state index contributed by atoms with van der Waals surface area (Å²) in [5.41, 5.74) is 5.36. The van der Waals surface area contributed by atoms with Crippen molar-refractivity contribution >= 4 is 0 Å². The van der Waals surface area contributed by atoms with Crippen molar-refractivity contribution in [3.63, 3.8) is 0 Å². The molecule has 0 aliphatic carbocycles. The summed E-state index contributed by atoms with van der Waals surface area (Å²) in [7, 11) is 0. The Morgan fingerprint density at radius 3 is 2.48 bits per heavy atom. The van der Waals surface area contributed by atoms with Gasteiger partial charge in [-0.05, 0) is 30.7 Å². The number of pyridine rings is 1. The summed E-state index contributed by atoms with van der Waals surface area (Å²) in [6, 6.07) is 14.3. The minimum absolute atomic E-state index is 0.0618. The van der Waals surface area contributed by atoms with Crippen LogP contribution in [0.5, 0.6) is 0 Å². The van der Waals surface area contributed by atoms with E-state index < -0.39 is 0 Å². The first-order chi connectivity index (χ1) is 11.9. The van der Waals surface area contributed by atoms with Gasteiger partial charge in [-0.2, -0.15) is 0 Å². The van der Waals surface area contributed by atoms with Gasteiger partial charge in [0.2, 0.25) is 0 Å². The molecule has 0 amide bonds. The molecule has 0 fully saturated rings. The van der Waals surface area contributed by atoms with E-state index in [9.17, 15) is 0 Å². The fourth-order valence-electron chi connectivity index (χ4n) is 2.63. The average molecular weight is 335 g/mol. The lowest BCUT2D eigenvalue weighted by molar-refractivity contribution is 0.561. The molecule has 5 nitrogen and oxygen atoms in total. The number of rotatable bonds is 5. The van der Waals surface area contributed by atoms with E-state index in [1.807, 2.05) is 35.1 Å². The summed E-state index contributed by atoms with van der Waals surface area (Å²) in [5, 5.41) is 11.9. The predicted molar refractivity (Wildman–Crippen MR) is 99.6 cm³/mol. The van der Waals surface area contributed by atoms with Gasteiger partial charge in [-0.25, -0.2) is 4.68 Å². The second-order valence-corrected chi connectivity index (χ2v) is 7.31. The van der Waals surface area contributed by atoms with Crippen LogP contribution in [0.4, 0.5) is 0 Å². The van der Waals surface area contributed by atoms with Crippen molar-refractivity contribution in [2.75, 3.05) is 0 Å². The number of aromatic nitrogens is 4. The van der Waals surface area contributed by atoms with Gasteiger partial charge in [-0.3, -0.25) is 4.98 Å². The van der Waals surface area contributed by atoms with Gasteiger partial charge in [0, 0.05) is 24.2 Å². The number of hydrogen-bond acceptors (Lipinski definition) is 4. The van der Waals surface area contributed by atoms with E-state index in [4.69, 9.17) is 4.98 Å². The summed E-state index contributed by atoms with van der Waals surface area (Å²) in [5.74, 6) is 0. The lowest BCUT2D eigenvalue weighted by Gasteiger charge is -2.18. The zero-order chi connectivity index (χ0) is 17.9. The largest absolute Gasteiger partial charge is 0.305 e. The second-order valence-electron chi connectivity index (χ2n) is 7.31. The number of nitrogens with one attached hydrogen (secondary N) is 1. The number of benzene rings is 1. The highest BCUT2D eigenvalue weighted by Gasteiger charge is 2.15. The Labute approximate surface area is 149 Å². The van der Waals surface area contributed by atoms with Crippen LogP contribution in [0, 0.1) is 6.92 Å². The molecule has 1 N–H and O–H groups in total. The highest BCUT2D eigenvalue weighted by molar-refractivity contribution is 5.38. The molecule has 1 aromatic carbocycles. The number of para-hydroxylation sites is 1. The van der Waals surface area contributed by atoms with Crippen LogP contribution in [-0.2, 0) is 18.5 Å². The minimum atomic E-state index is 0.0618. The molecule has 2 heterocycles. The van der Waals surface area contributed by atoms with Gasteiger partial charge in [0.15, 0.2) is 0 Å². The Morgan fingerprint density at radius 1 is 0.960 bits per heavy atom. The van der Waals surface area contributed by atoms with Crippen LogP contribution >= 0.6 is 0 Å². The third-order valence-corrected chi connectivity index (χ3v) is 4.09. The molecule has 0 saturated heterocycles. The van der Waals surface area contributed by atoms with Gasteiger partial charge in [0.25, 0.3) is 0 Å². The van der Waals surface area contributed by atoms with Gasteiger partial charge in [-0.1, -0.05) is 50.3 Å². The van der Waals surface area contributed by atoms with Gasteiger partial charge in [-0.15, -0.1) is 5.10 Å². The topological polar surface area (TPSA) is 55.6 Å². The Morgan fingerprint density at radius 2 is 1.72 bits per heavy atom. The molecule has 0 bridgehead atoms. The molecule has 25 heavy (non-hydrogen) atoms. The molecule has 0 aliphatic heterocycles.